The number of likely N-dealkylation sites (tertiary alicyclic amines) is 1. The van der Waals surface area contributed by atoms with Crippen molar-refractivity contribution in [3.63, 3.8) is 0 Å². The van der Waals surface area contributed by atoms with Gasteiger partial charge in [0.2, 0.25) is 0 Å². The first-order valence-electron chi connectivity index (χ1n) is 9.45. The van der Waals surface area contributed by atoms with Crippen molar-refractivity contribution < 1.29 is 4.74 Å². The zero-order valence-corrected chi connectivity index (χ0v) is 15.9. The number of hydrogen-bond donors (Lipinski definition) is 0. The van der Waals surface area contributed by atoms with Crippen LogP contribution in [0.5, 0.6) is 5.75 Å². The Bertz CT molecular complexity index is 754. The normalized spacial score (nSPS) is 20.8. The summed E-state index contributed by atoms with van der Waals surface area (Å²) in [5.41, 5.74) is 1.04. The van der Waals surface area contributed by atoms with Crippen molar-refractivity contribution in [2.45, 2.75) is 44.4 Å². The van der Waals surface area contributed by atoms with Gasteiger partial charge in [0.05, 0.1) is 12.2 Å². The van der Waals surface area contributed by atoms with Crippen LogP contribution in [0.3, 0.4) is 0 Å². The summed E-state index contributed by atoms with van der Waals surface area (Å²) in [6.07, 6.45) is 5.61. The molecule has 2 aromatic rings. The van der Waals surface area contributed by atoms with E-state index in [1.54, 1.807) is 0 Å². The van der Waals surface area contributed by atoms with Crippen LogP contribution < -0.4 is 4.74 Å². The van der Waals surface area contributed by atoms with Crippen molar-refractivity contribution in [2.24, 2.45) is 7.05 Å². The molecule has 2 aliphatic rings. The first kappa shape index (κ1) is 17.4. The molecule has 0 radical (unpaired) electrons. The molecule has 0 bridgehead atoms. The molecule has 7 nitrogen and oxygen atoms in total. The Kier molecular flexibility index (Phi) is 4.91. The fourth-order valence-corrected chi connectivity index (χ4v) is 3.58. The summed E-state index contributed by atoms with van der Waals surface area (Å²) >= 11 is 0. The van der Waals surface area contributed by atoms with Gasteiger partial charge in [-0.1, -0.05) is 0 Å². The molecule has 1 atom stereocenters. The minimum atomic E-state index is 0.223. The molecule has 2 aromatic heterocycles. The Balaban J connectivity index is 1.32. The predicted octanol–water partition coefficient (Wildman–Crippen LogP) is 1.80. The van der Waals surface area contributed by atoms with Gasteiger partial charge in [-0.2, -0.15) is 0 Å². The van der Waals surface area contributed by atoms with Gasteiger partial charge in [-0.15, -0.1) is 10.2 Å². The molecule has 7 heteroatoms. The minimum Gasteiger partial charge on any atom is -0.489 e. The van der Waals surface area contributed by atoms with Gasteiger partial charge < -0.3 is 14.2 Å². The highest BCUT2D eigenvalue weighted by molar-refractivity contribution is 5.23. The van der Waals surface area contributed by atoms with Crippen LogP contribution in [0.2, 0.25) is 0 Å². The van der Waals surface area contributed by atoms with Gasteiger partial charge in [0.1, 0.15) is 23.5 Å². The van der Waals surface area contributed by atoms with Crippen molar-refractivity contribution in [2.75, 3.05) is 27.2 Å². The van der Waals surface area contributed by atoms with E-state index < -0.39 is 0 Å². The minimum absolute atomic E-state index is 0.223. The van der Waals surface area contributed by atoms with Crippen LogP contribution in [0.1, 0.15) is 42.5 Å². The summed E-state index contributed by atoms with van der Waals surface area (Å²) < 4.78 is 8.39. The molecule has 0 amide bonds. The topological polar surface area (TPSA) is 59.3 Å². The molecular formula is C19H28N6O. The van der Waals surface area contributed by atoms with Crippen LogP contribution in [-0.2, 0) is 20.1 Å². The fraction of sp³-hybridized carbons (Fsp3) is 0.632. The smallest absolute Gasteiger partial charge is 0.146 e. The van der Waals surface area contributed by atoms with Gasteiger partial charge in [-0.3, -0.25) is 9.88 Å². The third-order valence-corrected chi connectivity index (χ3v) is 5.10. The lowest BCUT2D eigenvalue weighted by Crippen LogP contribution is -2.26. The number of hydrogen-bond acceptors (Lipinski definition) is 6. The van der Waals surface area contributed by atoms with Crippen LogP contribution in [0.25, 0.3) is 0 Å². The molecule has 1 aliphatic carbocycles. The predicted molar refractivity (Wildman–Crippen MR) is 98.9 cm³/mol. The lowest BCUT2D eigenvalue weighted by molar-refractivity contribution is 0.196. The van der Waals surface area contributed by atoms with E-state index in [0.717, 1.165) is 55.7 Å². The average Bonchev–Trinajstić information content (AvgIpc) is 3.24. The van der Waals surface area contributed by atoms with Gasteiger partial charge in [0.25, 0.3) is 0 Å². The molecule has 0 spiro atoms. The van der Waals surface area contributed by atoms with Crippen molar-refractivity contribution in [3.05, 3.63) is 35.7 Å². The van der Waals surface area contributed by atoms with Crippen LogP contribution in [0.4, 0.5) is 0 Å². The molecular weight excluding hydrogens is 328 g/mol. The number of pyridine rings is 1. The lowest BCUT2D eigenvalue weighted by Gasteiger charge is -2.17. The molecule has 4 rings (SSSR count). The summed E-state index contributed by atoms with van der Waals surface area (Å²) in [6, 6.07) is 4.00. The van der Waals surface area contributed by atoms with E-state index >= 15 is 0 Å². The SMILES string of the molecule is CN(C)Cc1cc(OC2CCN(Cc3nnc(C4CC4)n3C)C2)ccn1. The van der Waals surface area contributed by atoms with Crippen LogP contribution in [0.15, 0.2) is 18.3 Å². The first-order chi connectivity index (χ1) is 12.6. The number of nitrogens with zero attached hydrogens (tertiary/aromatic N) is 6. The molecule has 1 saturated carbocycles. The van der Waals surface area contributed by atoms with E-state index in [0.29, 0.717) is 5.92 Å². The molecule has 0 N–H and O–H groups in total. The summed E-state index contributed by atoms with van der Waals surface area (Å²) in [7, 11) is 6.19. The van der Waals surface area contributed by atoms with Gasteiger partial charge in [-0.25, -0.2) is 0 Å². The highest BCUT2D eigenvalue weighted by Gasteiger charge is 2.30. The monoisotopic (exact) mass is 356 g/mol. The van der Waals surface area contributed by atoms with Crippen molar-refractivity contribution in [1.82, 2.24) is 29.5 Å². The van der Waals surface area contributed by atoms with Crippen LogP contribution in [-0.4, -0.2) is 62.8 Å². The van der Waals surface area contributed by atoms with Gasteiger partial charge >= 0.3 is 0 Å². The Morgan fingerprint density at radius 2 is 2.08 bits per heavy atom. The highest BCUT2D eigenvalue weighted by Crippen LogP contribution is 2.38. The summed E-state index contributed by atoms with van der Waals surface area (Å²) in [5.74, 6) is 3.76. The third kappa shape index (κ3) is 4.04. The zero-order valence-electron chi connectivity index (χ0n) is 15.9. The van der Waals surface area contributed by atoms with Crippen molar-refractivity contribution in [1.29, 1.82) is 0 Å². The molecule has 26 heavy (non-hydrogen) atoms. The maximum atomic E-state index is 6.21. The average molecular weight is 356 g/mol. The summed E-state index contributed by atoms with van der Waals surface area (Å²) in [4.78, 5) is 8.93. The second-order valence-corrected chi connectivity index (χ2v) is 7.79. The Morgan fingerprint density at radius 1 is 1.23 bits per heavy atom. The zero-order chi connectivity index (χ0) is 18.1. The molecule has 140 valence electrons. The Morgan fingerprint density at radius 3 is 2.85 bits per heavy atom. The standard InChI is InChI=1S/C19H28N6O/c1-23(2)11-15-10-16(6-8-20-15)26-17-7-9-25(12-17)13-18-21-22-19(24(18)3)14-4-5-14/h6,8,10,14,17H,4-5,7,9,11-13H2,1-3H3. The molecule has 2 fully saturated rings. The molecule has 1 aliphatic heterocycles. The van der Waals surface area contributed by atoms with E-state index in [4.69, 9.17) is 4.74 Å². The first-order valence-corrected chi connectivity index (χ1v) is 9.45. The summed E-state index contributed by atoms with van der Waals surface area (Å²) in [6.45, 7) is 3.63. The number of rotatable bonds is 7. The number of aromatic nitrogens is 4. The van der Waals surface area contributed by atoms with Crippen molar-refractivity contribution in [3.8, 4) is 5.75 Å². The second kappa shape index (κ2) is 7.32. The molecule has 1 saturated heterocycles. The fourth-order valence-electron chi connectivity index (χ4n) is 3.58. The van der Waals surface area contributed by atoms with Crippen molar-refractivity contribution >= 4 is 0 Å². The van der Waals surface area contributed by atoms with E-state index in [1.165, 1.54) is 12.8 Å². The van der Waals surface area contributed by atoms with E-state index in [1.807, 2.05) is 32.4 Å². The quantitative estimate of drug-likeness (QED) is 0.754. The Hall–Kier alpha value is -1.99. The summed E-state index contributed by atoms with van der Waals surface area (Å²) in [5, 5.41) is 8.79. The highest BCUT2D eigenvalue weighted by atomic mass is 16.5. The molecule has 1 unspecified atom stereocenters. The van der Waals surface area contributed by atoms with Gasteiger partial charge in [-0.05, 0) is 39.4 Å². The molecule has 3 heterocycles. The van der Waals surface area contributed by atoms with Gasteiger partial charge in [0.15, 0.2) is 0 Å². The lowest BCUT2D eigenvalue weighted by atomic mass is 10.3. The maximum absolute atomic E-state index is 6.21. The van der Waals surface area contributed by atoms with Gasteiger partial charge in [0, 0.05) is 44.9 Å². The third-order valence-electron chi connectivity index (χ3n) is 5.10. The maximum Gasteiger partial charge on any atom is 0.146 e. The van der Waals surface area contributed by atoms with E-state index in [9.17, 15) is 0 Å². The Labute approximate surface area is 155 Å². The van der Waals surface area contributed by atoms with Crippen LogP contribution in [0, 0.1) is 0 Å². The van der Waals surface area contributed by atoms with E-state index in [-0.39, 0.29) is 6.10 Å². The largest absolute Gasteiger partial charge is 0.489 e. The number of ether oxygens (including phenoxy) is 1. The second-order valence-electron chi connectivity index (χ2n) is 7.79. The molecule has 0 aromatic carbocycles. The van der Waals surface area contributed by atoms with E-state index in [2.05, 4.69) is 36.6 Å². The van der Waals surface area contributed by atoms with Crippen LogP contribution >= 0.6 is 0 Å².